The van der Waals surface area contributed by atoms with Crippen molar-refractivity contribution in [3.8, 4) is 17.2 Å². The molecule has 8 heteroatoms. The van der Waals surface area contributed by atoms with Crippen LogP contribution in [0.1, 0.15) is 12.5 Å². The molecule has 0 saturated carbocycles. The smallest absolute Gasteiger partial charge is 0.214 e. The van der Waals surface area contributed by atoms with Gasteiger partial charge in [0.05, 0.1) is 12.3 Å². The van der Waals surface area contributed by atoms with E-state index in [4.69, 9.17) is 9.47 Å². The van der Waals surface area contributed by atoms with Crippen LogP contribution in [-0.4, -0.2) is 45.7 Å². The van der Waals surface area contributed by atoms with Crippen LogP contribution in [0, 0.1) is 0 Å². The molecule has 152 valence electrons. The zero-order chi connectivity index (χ0) is 20.3. The van der Waals surface area contributed by atoms with Gasteiger partial charge in [-0.1, -0.05) is 48.7 Å². The Morgan fingerprint density at radius 3 is 2.79 bits per heavy atom. The Hall–Kier alpha value is -2.84. The number of nitrogens with one attached hydrogen (secondary N) is 1. The van der Waals surface area contributed by atoms with Gasteiger partial charge in [0.15, 0.2) is 11.5 Å². The zero-order valence-electron chi connectivity index (χ0n) is 16.5. The maximum atomic E-state index is 5.69. The maximum absolute atomic E-state index is 5.69. The lowest BCUT2D eigenvalue weighted by Crippen LogP contribution is -2.17. The molecule has 0 radical (unpaired) electrons. The number of nitrogens with zero attached hydrogens (tertiary/aromatic N) is 4. The third-order valence-electron chi connectivity index (χ3n) is 3.95. The molecule has 1 aromatic heterocycles. The molecule has 0 aliphatic heterocycles. The van der Waals surface area contributed by atoms with Gasteiger partial charge in [-0.25, -0.2) is 0 Å². The number of thioether (sulfide) groups is 1. The van der Waals surface area contributed by atoms with Gasteiger partial charge in [-0.15, -0.1) is 5.10 Å². The summed E-state index contributed by atoms with van der Waals surface area (Å²) in [7, 11) is 0. The molecular formula is C21H25N5O2S. The number of rotatable bonds is 12. The minimum atomic E-state index is 0.456. The molecule has 3 aromatic rings. The third-order valence-corrected chi connectivity index (χ3v) is 4.87. The van der Waals surface area contributed by atoms with Crippen LogP contribution in [0.25, 0.3) is 5.69 Å². The van der Waals surface area contributed by atoms with E-state index in [-0.39, 0.29) is 0 Å². The first-order valence-electron chi connectivity index (χ1n) is 9.48. The van der Waals surface area contributed by atoms with E-state index in [2.05, 4.69) is 27.4 Å². The highest BCUT2D eigenvalue weighted by Gasteiger charge is 2.09. The van der Waals surface area contributed by atoms with Crippen LogP contribution in [0.2, 0.25) is 0 Å². The molecular weight excluding hydrogens is 386 g/mol. The molecule has 0 amide bonds. The standard InChI is InChI=1S/C21H25N5O2S/c1-3-13-28-19-11-10-17(15-20(19)27-4-2)16-22-12-14-29-21-23-24-25-26(21)18-8-6-5-7-9-18/h3,5-11,15,22H,1,4,12-14,16H2,2H3. The van der Waals surface area contributed by atoms with Crippen LogP contribution in [0.4, 0.5) is 0 Å². The molecule has 2 aromatic carbocycles. The van der Waals surface area contributed by atoms with Crippen molar-refractivity contribution >= 4 is 11.8 Å². The first-order chi connectivity index (χ1) is 14.3. The first-order valence-corrected chi connectivity index (χ1v) is 10.5. The second-order valence-corrected chi connectivity index (χ2v) is 7.11. The van der Waals surface area contributed by atoms with E-state index < -0.39 is 0 Å². The molecule has 0 unspecified atom stereocenters. The Labute approximate surface area is 175 Å². The molecule has 1 heterocycles. The molecule has 3 rings (SSSR count). The second-order valence-electron chi connectivity index (χ2n) is 6.05. The van der Waals surface area contributed by atoms with Crippen molar-refractivity contribution in [2.75, 3.05) is 25.5 Å². The first kappa shape index (κ1) is 20.9. The Morgan fingerprint density at radius 2 is 2.00 bits per heavy atom. The summed E-state index contributed by atoms with van der Waals surface area (Å²) in [5.41, 5.74) is 2.09. The molecule has 1 N–H and O–H groups in total. The average Bonchev–Trinajstić information content (AvgIpc) is 3.22. The van der Waals surface area contributed by atoms with Gasteiger partial charge in [0, 0.05) is 18.8 Å². The van der Waals surface area contributed by atoms with Gasteiger partial charge >= 0.3 is 0 Å². The second kappa shape index (κ2) is 11.2. The summed E-state index contributed by atoms with van der Waals surface area (Å²) in [6.07, 6.45) is 1.72. The molecule has 7 nitrogen and oxygen atoms in total. The van der Waals surface area contributed by atoms with Gasteiger partial charge in [-0.3, -0.25) is 0 Å². The number of ether oxygens (including phenoxy) is 2. The number of para-hydroxylation sites is 1. The van der Waals surface area contributed by atoms with Crippen molar-refractivity contribution in [2.24, 2.45) is 0 Å². The minimum absolute atomic E-state index is 0.456. The maximum Gasteiger partial charge on any atom is 0.214 e. The van der Waals surface area contributed by atoms with E-state index in [1.54, 1.807) is 22.5 Å². The van der Waals surface area contributed by atoms with Crippen molar-refractivity contribution in [1.29, 1.82) is 0 Å². The van der Waals surface area contributed by atoms with E-state index in [1.807, 2.05) is 55.5 Å². The van der Waals surface area contributed by atoms with E-state index in [0.29, 0.717) is 13.2 Å². The van der Waals surface area contributed by atoms with Crippen molar-refractivity contribution in [1.82, 2.24) is 25.5 Å². The summed E-state index contributed by atoms with van der Waals surface area (Å²) in [5.74, 6) is 2.34. The predicted octanol–water partition coefficient (Wildman–Crippen LogP) is 3.51. The monoisotopic (exact) mass is 411 g/mol. The van der Waals surface area contributed by atoms with Gasteiger partial charge in [-0.2, -0.15) is 4.68 Å². The van der Waals surface area contributed by atoms with Crippen LogP contribution in [0.3, 0.4) is 0 Å². The molecule has 0 atom stereocenters. The Kier molecular flexibility index (Phi) is 8.09. The average molecular weight is 412 g/mol. The highest BCUT2D eigenvalue weighted by Crippen LogP contribution is 2.28. The van der Waals surface area contributed by atoms with Crippen LogP contribution in [0.15, 0.2) is 66.3 Å². The Morgan fingerprint density at radius 1 is 1.14 bits per heavy atom. The van der Waals surface area contributed by atoms with E-state index in [0.717, 1.165) is 46.7 Å². The van der Waals surface area contributed by atoms with Crippen LogP contribution in [0.5, 0.6) is 11.5 Å². The minimum Gasteiger partial charge on any atom is -0.490 e. The quantitative estimate of drug-likeness (QED) is 0.278. The summed E-state index contributed by atoms with van der Waals surface area (Å²) in [4.78, 5) is 0. The summed E-state index contributed by atoms with van der Waals surface area (Å²) < 4.78 is 13.1. The van der Waals surface area contributed by atoms with Crippen LogP contribution >= 0.6 is 11.8 Å². The van der Waals surface area contributed by atoms with Crippen molar-refractivity contribution in [3.63, 3.8) is 0 Å². The van der Waals surface area contributed by atoms with Gasteiger partial charge in [0.2, 0.25) is 5.16 Å². The largest absolute Gasteiger partial charge is 0.490 e. The molecule has 0 bridgehead atoms. The normalized spacial score (nSPS) is 10.7. The van der Waals surface area contributed by atoms with Gasteiger partial charge < -0.3 is 14.8 Å². The topological polar surface area (TPSA) is 74.1 Å². The van der Waals surface area contributed by atoms with Gasteiger partial charge in [0.25, 0.3) is 0 Å². The lowest BCUT2D eigenvalue weighted by Gasteiger charge is -2.13. The zero-order valence-corrected chi connectivity index (χ0v) is 17.3. The van der Waals surface area contributed by atoms with Crippen LogP contribution < -0.4 is 14.8 Å². The third kappa shape index (κ3) is 6.07. The van der Waals surface area contributed by atoms with E-state index in [9.17, 15) is 0 Å². The predicted molar refractivity (Wildman–Crippen MR) is 115 cm³/mol. The number of benzene rings is 2. The van der Waals surface area contributed by atoms with Gasteiger partial charge in [-0.05, 0) is 47.2 Å². The van der Waals surface area contributed by atoms with Crippen LogP contribution in [-0.2, 0) is 6.54 Å². The summed E-state index contributed by atoms with van der Waals surface area (Å²) in [5, 5.41) is 16.2. The highest BCUT2D eigenvalue weighted by molar-refractivity contribution is 7.99. The molecule has 29 heavy (non-hydrogen) atoms. The summed E-state index contributed by atoms with van der Waals surface area (Å²) >= 11 is 1.62. The fourth-order valence-electron chi connectivity index (χ4n) is 2.65. The van der Waals surface area contributed by atoms with Crippen molar-refractivity contribution in [3.05, 3.63) is 66.7 Å². The number of tetrazole rings is 1. The van der Waals surface area contributed by atoms with Crippen molar-refractivity contribution < 1.29 is 9.47 Å². The summed E-state index contributed by atoms with van der Waals surface area (Å²) in [6, 6.07) is 15.9. The fraction of sp³-hybridized carbons (Fsp3) is 0.286. The Balaban J connectivity index is 1.48. The fourth-order valence-corrected chi connectivity index (χ4v) is 3.43. The molecule has 0 spiro atoms. The van der Waals surface area contributed by atoms with E-state index >= 15 is 0 Å². The lowest BCUT2D eigenvalue weighted by atomic mass is 10.2. The summed E-state index contributed by atoms with van der Waals surface area (Å²) in [6.45, 7) is 8.25. The van der Waals surface area contributed by atoms with Crippen molar-refractivity contribution in [2.45, 2.75) is 18.6 Å². The molecule has 0 fully saturated rings. The SMILES string of the molecule is C=CCOc1ccc(CNCCSc2nnnn2-c2ccccc2)cc1OCC. The van der Waals surface area contributed by atoms with E-state index in [1.165, 1.54) is 0 Å². The molecule has 0 aliphatic rings. The molecule has 0 aliphatic carbocycles. The molecule has 0 saturated heterocycles. The van der Waals surface area contributed by atoms with Gasteiger partial charge in [0.1, 0.15) is 6.61 Å². The lowest BCUT2D eigenvalue weighted by molar-refractivity contribution is 0.296. The highest BCUT2D eigenvalue weighted by atomic mass is 32.2. The number of aromatic nitrogens is 4. The number of hydrogen-bond donors (Lipinski definition) is 1. The number of hydrogen-bond acceptors (Lipinski definition) is 7. The Bertz CT molecular complexity index is 901.